The van der Waals surface area contributed by atoms with Crippen molar-refractivity contribution in [1.82, 2.24) is 15.0 Å². The first-order valence-electron chi connectivity index (χ1n) is 18.9. The quantitative estimate of drug-likeness (QED) is 0.167. The molecule has 0 bridgehead atoms. The third-order valence-corrected chi connectivity index (χ3v) is 12.7. The first-order valence-corrected chi connectivity index (χ1v) is 20.1. The number of halogens is 1. The van der Waals surface area contributed by atoms with Crippen LogP contribution in [0.3, 0.4) is 0 Å². The van der Waals surface area contributed by atoms with Crippen LogP contribution in [0.1, 0.15) is 0 Å². The zero-order chi connectivity index (χ0) is 37.6. The second kappa shape index (κ2) is 12.6. The zero-order valence-corrected chi connectivity index (χ0v) is 31.8. The number of nitrogens with zero attached hydrogens (tertiary/aromatic N) is 3. The van der Waals surface area contributed by atoms with Crippen molar-refractivity contribution in [1.29, 1.82) is 0 Å². The molecule has 0 spiro atoms. The highest BCUT2D eigenvalue weighted by Crippen LogP contribution is 2.47. The first-order chi connectivity index (χ1) is 28.2. The first kappa shape index (κ1) is 32.3. The van der Waals surface area contributed by atoms with E-state index in [-0.39, 0.29) is 5.28 Å². The van der Waals surface area contributed by atoms with Crippen LogP contribution in [0, 0.1) is 0 Å². The lowest BCUT2D eigenvalue weighted by Crippen LogP contribution is -1.98. The molecule has 12 aromatic rings. The monoisotopic (exact) mass is 765 g/mol. The molecule has 0 N–H and O–H groups in total. The largest absolute Gasteiger partial charge is 0.455 e. The van der Waals surface area contributed by atoms with Crippen molar-refractivity contribution >= 4 is 97.4 Å². The van der Waals surface area contributed by atoms with Crippen LogP contribution in [0.25, 0.3) is 119 Å². The van der Waals surface area contributed by atoms with Gasteiger partial charge in [-0.05, 0) is 67.2 Å². The SMILES string of the molecule is Clc1nc(-c2ccc3c4ccccc4c4ccccc4c3c2)nc(-c2cccc3oc4c(-c5cccc6c5sc5c(-c7ccccc7)cccc56)cccc4c23)n1. The minimum atomic E-state index is 0.135. The normalized spacial score (nSPS) is 11.9. The van der Waals surface area contributed by atoms with Crippen LogP contribution in [0.4, 0.5) is 0 Å². The molecule has 0 aliphatic rings. The van der Waals surface area contributed by atoms with Crippen LogP contribution in [-0.4, -0.2) is 15.0 Å². The van der Waals surface area contributed by atoms with Gasteiger partial charge in [0.25, 0.3) is 0 Å². The summed E-state index contributed by atoms with van der Waals surface area (Å²) < 4.78 is 9.30. The molecule has 9 aromatic carbocycles. The average molecular weight is 766 g/mol. The minimum Gasteiger partial charge on any atom is -0.455 e. The second-order valence-corrected chi connectivity index (χ2v) is 15.8. The van der Waals surface area contributed by atoms with Gasteiger partial charge in [-0.2, -0.15) is 9.97 Å². The van der Waals surface area contributed by atoms with E-state index in [9.17, 15) is 0 Å². The molecular formula is C51H28ClN3OS. The van der Waals surface area contributed by atoms with Gasteiger partial charge in [0.05, 0.1) is 0 Å². The lowest BCUT2D eigenvalue weighted by molar-refractivity contribution is 0.670. The summed E-state index contributed by atoms with van der Waals surface area (Å²) in [7, 11) is 0. The van der Waals surface area contributed by atoms with Crippen molar-refractivity contribution in [3.05, 3.63) is 175 Å². The molecule has 3 aromatic heterocycles. The zero-order valence-electron chi connectivity index (χ0n) is 30.2. The van der Waals surface area contributed by atoms with Crippen molar-refractivity contribution in [3.63, 3.8) is 0 Å². The molecule has 12 rings (SSSR count). The van der Waals surface area contributed by atoms with E-state index in [2.05, 4.69) is 157 Å². The van der Waals surface area contributed by atoms with Gasteiger partial charge < -0.3 is 4.42 Å². The molecule has 4 nitrogen and oxygen atoms in total. The van der Waals surface area contributed by atoms with Gasteiger partial charge in [0.2, 0.25) is 5.28 Å². The minimum absolute atomic E-state index is 0.135. The van der Waals surface area contributed by atoms with E-state index in [1.54, 1.807) is 0 Å². The molecule has 0 saturated carbocycles. The average Bonchev–Trinajstić information content (AvgIpc) is 3.86. The fourth-order valence-corrected chi connectivity index (χ4v) is 10.3. The van der Waals surface area contributed by atoms with E-state index in [4.69, 9.17) is 26.0 Å². The maximum Gasteiger partial charge on any atom is 0.226 e. The predicted octanol–water partition coefficient (Wildman–Crippen LogP) is 14.9. The van der Waals surface area contributed by atoms with E-state index >= 15 is 0 Å². The van der Waals surface area contributed by atoms with Crippen LogP contribution < -0.4 is 0 Å². The molecule has 0 aliphatic heterocycles. The van der Waals surface area contributed by atoms with Crippen LogP contribution >= 0.6 is 22.9 Å². The Kier molecular flexibility index (Phi) is 7.12. The number of hydrogen-bond acceptors (Lipinski definition) is 5. The number of aromatic nitrogens is 3. The number of thiophene rings is 1. The summed E-state index contributed by atoms with van der Waals surface area (Å²) in [6, 6.07) is 59.8. The molecular weight excluding hydrogens is 738 g/mol. The van der Waals surface area contributed by atoms with E-state index in [1.165, 1.54) is 58.2 Å². The second-order valence-electron chi connectivity index (χ2n) is 14.4. The summed E-state index contributed by atoms with van der Waals surface area (Å²) in [6.45, 7) is 0. The van der Waals surface area contributed by atoms with Gasteiger partial charge in [0, 0.05) is 53.2 Å². The lowest BCUT2D eigenvalue weighted by atomic mass is 9.93. The van der Waals surface area contributed by atoms with Gasteiger partial charge in [-0.1, -0.05) is 158 Å². The van der Waals surface area contributed by atoms with E-state index in [0.29, 0.717) is 11.6 Å². The highest BCUT2D eigenvalue weighted by molar-refractivity contribution is 7.26. The van der Waals surface area contributed by atoms with Gasteiger partial charge in [-0.25, -0.2) is 4.98 Å². The highest BCUT2D eigenvalue weighted by Gasteiger charge is 2.21. The fraction of sp³-hybridized carbons (Fsp3) is 0. The van der Waals surface area contributed by atoms with Gasteiger partial charge >= 0.3 is 0 Å². The van der Waals surface area contributed by atoms with Crippen LogP contribution in [0.5, 0.6) is 0 Å². The Balaban J connectivity index is 1.03. The van der Waals surface area contributed by atoms with E-state index in [1.807, 2.05) is 29.5 Å². The van der Waals surface area contributed by atoms with Gasteiger partial charge in [0.15, 0.2) is 11.6 Å². The summed E-state index contributed by atoms with van der Waals surface area (Å²) in [6.07, 6.45) is 0. The molecule has 6 heteroatoms. The molecule has 0 radical (unpaired) electrons. The van der Waals surface area contributed by atoms with Crippen LogP contribution in [0.15, 0.2) is 174 Å². The number of benzene rings is 9. The van der Waals surface area contributed by atoms with Crippen LogP contribution in [-0.2, 0) is 0 Å². The Morgan fingerprint density at radius 1 is 0.386 bits per heavy atom. The number of furan rings is 1. The number of rotatable bonds is 4. The Hall–Kier alpha value is -6.92. The smallest absolute Gasteiger partial charge is 0.226 e. The van der Waals surface area contributed by atoms with E-state index < -0.39 is 0 Å². The molecule has 0 unspecified atom stereocenters. The van der Waals surface area contributed by atoms with Crippen molar-refractivity contribution in [2.75, 3.05) is 0 Å². The molecule has 0 amide bonds. The number of para-hydroxylation sites is 1. The number of fused-ring (bicyclic) bond motifs is 12. The third-order valence-electron chi connectivity index (χ3n) is 11.3. The van der Waals surface area contributed by atoms with Gasteiger partial charge in [-0.3, -0.25) is 0 Å². The van der Waals surface area contributed by atoms with E-state index in [0.717, 1.165) is 49.6 Å². The summed E-state index contributed by atoms with van der Waals surface area (Å²) in [4.78, 5) is 14.4. The fourth-order valence-electron chi connectivity index (χ4n) is 8.77. The van der Waals surface area contributed by atoms with Crippen molar-refractivity contribution in [2.24, 2.45) is 0 Å². The Labute approximate surface area is 335 Å². The van der Waals surface area contributed by atoms with Crippen molar-refractivity contribution in [3.8, 4) is 45.0 Å². The topological polar surface area (TPSA) is 51.8 Å². The standard InChI is InChI=1S/C51H28ClN3OS/c52-51-54-49(30-26-27-36-34-16-5-4-14-32(34)33-15-6-7-17-35(33)43(36)28-30)53-50(55-51)42-24-11-25-44-45(42)41-23-9-19-37(46(41)56-44)38-20-10-22-40-39-21-8-18-31(47(39)57-48(38)40)29-12-2-1-3-13-29/h1-28H. The Morgan fingerprint density at radius 3 is 1.67 bits per heavy atom. The third kappa shape index (κ3) is 4.96. The summed E-state index contributed by atoms with van der Waals surface area (Å²) >= 11 is 8.58. The van der Waals surface area contributed by atoms with Crippen LogP contribution in [0.2, 0.25) is 5.28 Å². The molecule has 0 fully saturated rings. The maximum atomic E-state index is 6.79. The molecule has 57 heavy (non-hydrogen) atoms. The lowest BCUT2D eigenvalue weighted by Gasteiger charge is -2.12. The van der Waals surface area contributed by atoms with Gasteiger partial charge in [-0.15, -0.1) is 11.3 Å². The van der Waals surface area contributed by atoms with Gasteiger partial charge in [0.1, 0.15) is 11.2 Å². The van der Waals surface area contributed by atoms with Crippen molar-refractivity contribution in [2.45, 2.75) is 0 Å². The van der Waals surface area contributed by atoms with Crippen molar-refractivity contribution < 1.29 is 4.42 Å². The molecule has 266 valence electrons. The molecule has 3 heterocycles. The predicted molar refractivity (Wildman–Crippen MR) is 239 cm³/mol. The molecule has 0 saturated heterocycles. The Morgan fingerprint density at radius 2 is 0.930 bits per heavy atom. The summed E-state index contributed by atoms with van der Waals surface area (Å²) in [5.74, 6) is 1.01. The molecule has 0 atom stereocenters. The highest BCUT2D eigenvalue weighted by atomic mass is 35.5. The summed E-state index contributed by atoms with van der Waals surface area (Å²) in [5.41, 5.74) is 7.92. The summed E-state index contributed by atoms with van der Waals surface area (Å²) in [5, 5.41) is 11.7. The number of hydrogen-bond donors (Lipinski definition) is 0. The Bertz CT molecular complexity index is 3570. The molecule has 0 aliphatic carbocycles. The maximum absolute atomic E-state index is 6.79.